The van der Waals surface area contributed by atoms with E-state index in [9.17, 15) is 13.2 Å². The Bertz CT molecular complexity index is 501. The lowest BCUT2D eigenvalue weighted by Crippen LogP contribution is -2.04. The van der Waals surface area contributed by atoms with Gasteiger partial charge < -0.3 is 5.11 Å². The van der Waals surface area contributed by atoms with E-state index in [1.807, 2.05) is 0 Å². The summed E-state index contributed by atoms with van der Waals surface area (Å²) in [5, 5.41) is 11.1. The molecule has 0 unspecified atom stereocenters. The summed E-state index contributed by atoms with van der Waals surface area (Å²) >= 11 is 1.08. The molecule has 0 fully saturated rings. The third kappa shape index (κ3) is 1.92. The lowest BCUT2D eigenvalue weighted by molar-refractivity contribution is -0.136. The third-order valence-corrected chi connectivity index (χ3v) is 3.44. The standard InChI is InChI=1S/C11H9F3OS/c12-11(13,14)9-3-1-2-8-7(4-5-15)6-16-10(8)9/h1-3,6,15H,4-5H2. The van der Waals surface area contributed by atoms with Gasteiger partial charge in [-0.2, -0.15) is 13.2 Å². The normalized spacial score (nSPS) is 12.2. The summed E-state index contributed by atoms with van der Waals surface area (Å²) in [6.07, 6.45) is -3.93. The fourth-order valence-corrected chi connectivity index (χ4v) is 2.79. The van der Waals surface area contributed by atoms with Crippen molar-refractivity contribution in [2.75, 3.05) is 6.61 Å². The SMILES string of the molecule is OCCc1csc2c(C(F)(F)F)cccc12. The maximum Gasteiger partial charge on any atom is 0.417 e. The van der Waals surface area contributed by atoms with E-state index in [0.717, 1.165) is 23.0 Å². The molecule has 1 aromatic heterocycles. The molecule has 1 aromatic carbocycles. The Morgan fingerprint density at radius 3 is 2.62 bits per heavy atom. The average molecular weight is 246 g/mol. The first-order valence-electron chi connectivity index (χ1n) is 4.71. The number of benzene rings is 1. The summed E-state index contributed by atoms with van der Waals surface area (Å²) in [6, 6.07) is 4.15. The molecule has 0 saturated carbocycles. The van der Waals surface area contributed by atoms with Crippen molar-refractivity contribution in [3.8, 4) is 0 Å². The molecule has 0 bridgehead atoms. The first kappa shape index (κ1) is 11.4. The van der Waals surface area contributed by atoms with Crippen LogP contribution in [-0.4, -0.2) is 11.7 Å². The van der Waals surface area contributed by atoms with Crippen molar-refractivity contribution >= 4 is 21.4 Å². The van der Waals surface area contributed by atoms with E-state index >= 15 is 0 Å². The van der Waals surface area contributed by atoms with E-state index in [4.69, 9.17) is 5.11 Å². The summed E-state index contributed by atoms with van der Waals surface area (Å²) in [5.41, 5.74) is 0.174. The van der Waals surface area contributed by atoms with E-state index < -0.39 is 11.7 Å². The van der Waals surface area contributed by atoms with Crippen LogP contribution in [0.15, 0.2) is 23.6 Å². The van der Waals surface area contributed by atoms with E-state index in [1.54, 1.807) is 11.4 Å². The molecule has 5 heteroatoms. The van der Waals surface area contributed by atoms with Crippen LogP contribution in [-0.2, 0) is 12.6 Å². The van der Waals surface area contributed by atoms with Crippen LogP contribution in [0.5, 0.6) is 0 Å². The van der Waals surface area contributed by atoms with Crippen molar-refractivity contribution < 1.29 is 18.3 Å². The Morgan fingerprint density at radius 1 is 1.25 bits per heavy atom. The number of hydrogen-bond donors (Lipinski definition) is 1. The van der Waals surface area contributed by atoms with Crippen LogP contribution in [0, 0.1) is 0 Å². The Hall–Kier alpha value is -1.07. The van der Waals surface area contributed by atoms with Gasteiger partial charge in [-0.3, -0.25) is 0 Å². The van der Waals surface area contributed by atoms with Crippen molar-refractivity contribution in [1.29, 1.82) is 0 Å². The van der Waals surface area contributed by atoms with Crippen molar-refractivity contribution in [3.63, 3.8) is 0 Å². The molecule has 0 atom stereocenters. The summed E-state index contributed by atoms with van der Waals surface area (Å²) < 4.78 is 38.3. The van der Waals surface area contributed by atoms with E-state index in [1.165, 1.54) is 6.07 Å². The summed E-state index contributed by atoms with van der Waals surface area (Å²) in [5.74, 6) is 0. The van der Waals surface area contributed by atoms with E-state index in [2.05, 4.69) is 0 Å². The average Bonchev–Trinajstić information content (AvgIpc) is 2.61. The molecule has 0 amide bonds. The zero-order valence-electron chi connectivity index (χ0n) is 8.21. The molecule has 0 saturated heterocycles. The molecular formula is C11H9F3OS. The topological polar surface area (TPSA) is 20.2 Å². The molecule has 1 N–H and O–H groups in total. The van der Waals surface area contributed by atoms with Crippen molar-refractivity contribution in [2.45, 2.75) is 12.6 Å². The molecule has 1 heterocycles. The van der Waals surface area contributed by atoms with Gasteiger partial charge in [0.25, 0.3) is 0 Å². The number of halogens is 3. The highest BCUT2D eigenvalue weighted by atomic mass is 32.1. The molecule has 1 nitrogen and oxygen atoms in total. The lowest BCUT2D eigenvalue weighted by atomic mass is 10.1. The molecule has 86 valence electrons. The zero-order valence-corrected chi connectivity index (χ0v) is 9.03. The molecular weight excluding hydrogens is 237 g/mol. The van der Waals surface area contributed by atoms with Crippen molar-refractivity contribution in [3.05, 3.63) is 34.7 Å². The first-order valence-corrected chi connectivity index (χ1v) is 5.59. The van der Waals surface area contributed by atoms with Crippen LogP contribution in [0.2, 0.25) is 0 Å². The number of aliphatic hydroxyl groups excluding tert-OH is 1. The fraction of sp³-hybridized carbons (Fsp3) is 0.273. The highest BCUT2D eigenvalue weighted by molar-refractivity contribution is 7.17. The second-order valence-corrected chi connectivity index (χ2v) is 4.29. The van der Waals surface area contributed by atoms with Gasteiger partial charge in [0.15, 0.2) is 0 Å². The molecule has 2 aromatic rings. The smallest absolute Gasteiger partial charge is 0.396 e. The van der Waals surface area contributed by atoms with Gasteiger partial charge in [0, 0.05) is 11.3 Å². The van der Waals surface area contributed by atoms with Gasteiger partial charge in [-0.05, 0) is 28.8 Å². The molecule has 0 radical (unpaired) electrons. The molecule has 0 spiro atoms. The largest absolute Gasteiger partial charge is 0.417 e. The predicted octanol–water partition coefficient (Wildman–Crippen LogP) is 3.45. The molecule has 0 aliphatic rings. The van der Waals surface area contributed by atoms with Gasteiger partial charge in [-0.1, -0.05) is 12.1 Å². The lowest BCUT2D eigenvalue weighted by Gasteiger charge is -2.07. The second kappa shape index (κ2) is 4.07. The summed E-state index contributed by atoms with van der Waals surface area (Å²) in [4.78, 5) is 0. The quantitative estimate of drug-likeness (QED) is 0.860. The van der Waals surface area contributed by atoms with Gasteiger partial charge in [0.2, 0.25) is 0 Å². The number of rotatable bonds is 2. The highest BCUT2D eigenvalue weighted by Crippen LogP contribution is 2.38. The maximum absolute atomic E-state index is 12.7. The first-order chi connectivity index (χ1) is 7.54. The summed E-state index contributed by atoms with van der Waals surface area (Å²) in [6.45, 7) is -0.0535. The molecule has 0 aliphatic carbocycles. The van der Waals surface area contributed by atoms with Crippen LogP contribution in [0.25, 0.3) is 10.1 Å². The van der Waals surface area contributed by atoms with Crippen LogP contribution < -0.4 is 0 Å². The number of thiophene rings is 1. The number of alkyl halides is 3. The summed E-state index contributed by atoms with van der Waals surface area (Å²) in [7, 11) is 0. The Kier molecular flexibility index (Phi) is 2.90. The molecule has 16 heavy (non-hydrogen) atoms. The Balaban J connectivity index is 2.62. The van der Waals surface area contributed by atoms with Crippen LogP contribution in [0.1, 0.15) is 11.1 Å². The van der Waals surface area contributed by atoms with Crippen molar-refractivity contribution in [1.82, 2.24) is 0 Å². The minimum Gasteiger partial charge on any atom is -0.396 e. The van der Waals surface area contributed by atoms with Gasteiger partial charge in [-0.25, -0.2) is 0 Å². The van der Waals surface area contributed by atoms with Gasteiger partial charge in [0.05, 0.1) is 5.56 Å². The second-order valence-electron chi connectivity index (χ2n) is 3.41. The Morgan fingerprint density at radius 2 is 2.00 bits per heavy atom. The number of hydrogen-bond acceptors (Lipinski definition) is 2. The molecule has 2 rings (SSSR count). The number of fused-ring (bicyclic) bond motifs is 1. The minimum atomic E-state index is -4.32. The third-order valence-electron chi connectivity index (χ3n) is 2.37. The van der Waals surface area contributed by atoms with Crippen LogP contribution >= 0.6 is 11.3 Å². The number of aliphatic hydroxyl groups is 1. The fourth-order valence-electron chi connectivity index (χ4n) is 1.65. The van der Waals surface area contributed by atoms with Gasteiger partial charge in [-0.15, -0.1) is 11.3 Å². The van der Waals surface area contributed by atoms with Crippen LogP contribution in [0.4, 0.5) is 13.2 Å². The highest BCUT2D eigenvalue weighted by Gasteiger charge is 2.33. The van der Waals surface area contributed by atoms with Gasteiger partial charge in [0.1, 0.15) is 0 Å². The van der Waals surface area contributed by atoms with E-state index in [-0.39, 0.29) is 11.3 Å². The zero-order chi connectivity index (χ0) is 11.8. The van der Waals surface area contributed by atoms with E-state index in [0.29, 0.717) is 11.8 Å². The van der Waals surface area contributed by atoms with Crippen molar-refractivity contribution in [2.24, 2.45) is 0 Å². The molecule has 0 aliphatic heterocycles. The maximum atomic E-state index is 12.7. The Labute approximate surface area is 94.1 Å². The minimum absolute atomic E-state index is 0.0535. The van der Waals surface area contributed by atoms with Crippen LogP contribution in [0.3, 0.4) is 0 Å². The predicted molar refractivity (Wildman–Crippen MR) is 57.6 cm³/mol. The monoisotopic (exact) mass is 246 g/mol. The van der Waals surface area contributed by atoms with Gasteiger partial charge >= 0.3 is 6.18 Å².